The lowest BCUT2D eigenvalue weighted by Gasteiger charge is -2.27. The van der Waals surface area contributed by atoms with Crippen LogP contribution in [0.2, 0.25) is 0 Å². The maximum atomic E-state index is 11.9. The molecule has 1 aromatic carbocycles. The van der Waals surface area contributed by atoms with Gasteiger partial charge in [-0.15, -0.1) is 23.5 Å². The lowest BCUT2D eigenvalue weighted by molar-refractivity contribution is -0.150. The van der Waals surface area contributed by atoms with Gasteiger partial charge >= 0.3 is 5.97 Å². The van der Waals surface area contributed by atoms with Crippen molar-refractivity contribution in [2.24, 2.45) is 5.92 Å². The molecule has 0 bridgehead atoms. The average Bonchev–Trinajstić information content (AvgIpc) is 3.19. The summed E-state index contributed by atoms with van der Waals surface area (Å²) in [5, 5.41) is 11.8. The Kier molecular flexibility index (Phi) is 7.87. The van der Waals surface area contributed by atoms with Gasteiger partial charge in [0.25, 0.3) is 5.91 Å². The van der Waals surface area contributed by atoms with Crippen LogP contribution in [0.15, 0.2) is 24.3 Å². The van der Waals surface area contributed by atoms with Crippen molar-refractivity contribution in [1.29, 1.82) is 5.26 Å². The molecule has 146 valence electrons. The van der Waals surface area contributed by atoms with E-state index in [1.54, 1.807) is 6.92 Å². The zero-order valence-corrected chi connectivity index (χ0v) is 17.3. The maximum Gasteiger partial charge on any atom is 0.344 e. The number of benzene rings is 1. The van der Waals surface area contributed by atoms with Gasteiger partial charge in [0.05, 0.1) is 10.7 Å². The van der Waals surface area contributed by atoms with Crippen LogP contribution in [0.1, 0.15) is 30.9 Å². The third-order valence-corrected chi connectivity index (χ3v) is 7.36. The first-order chi connectivity index (χ1) is 12.9. The molecule has 1 saturated heterocycles. The van der Waals surface area contributed by atoms with Crippen LogP contribution < -0.4 is 10.1 Å². The van der Waals surface area contributed by atoms with Crippen LogP contribution in [-0.4, -0.2) is 42.1 Å². The van der Waals surface area contributed by atoms with Crippen molar-refractivity contribution in [3.63, 3.8) is 0 Å². The number of amides is 1. The quantitative estimate of drug-likeness (QED) is 0.661. The van der Waals surface area contributed by atoms with Gasteiger partial charge in [0.1, 0.15) is 11.3 Å². The summed E-state index contributed by atoms with van der Waals surface area (Å²) in [4.78, 5) is 23.9. The predicted molar refractivity (Wildman–Crippen MR) is 108 cm³/mol. The topological polar surface area (TPSA) is 88.4 Å². The second-order valence-corrected chi connectivity index (χ2v) is 9.30. The van der Waals surface area contributed by atoms with E-state index in [0.717, 1.165) is 17.1 Å². The summed E-state index contributed by atoms with van der Waals surface area (Å²) in [6, 6.07) is 9.71. The highest BCUT2D eigenvalue weighted by Crippen LogP contribution is 2.48. The average molecular weight is 409 g/mol. The van der Waals surface area contributed by atoms with Crippen LogP contribution in [-0.2, 0) is 14.3 Å². The van der Waals surface area contributed by atoms with E-state index in [1.807, 2.05) is 61.6 Å². The molecule has 1 aliphatic heterocycles. The fourth-order valence-electron chi connectivity index (χ4n) is 2.30. The SMILES string of the molecule is CC(C)[C@@](C)(C#N)NC(=O)COC(=O)COc1ccccc1C1SCCS1. The van der Waals surface area contributed by atoms with Crippen molar-refractivity contribution in [2.75, 3.05) is 24.7 Å². The first kappa shape index (κ1) is 21.5. The highest BCUT2D eigenvalue weighted by atomic mass is 32.2. The zero-order valence-electron chi connectivity index (χ0n) is 15.7. The summed E-state index contributed by atoms with van der Waals surface area (Å²) in [6.07, 6.45) is 0. The number of nitrogens with zero attached hydrogens (tertiary/aromatic N) is 1. The molecule has 1 N–H and O–H groups in total. The number of thioether (sulfide) groups is 2. The third kappa shape index (κ3) is 6.08. The number of carbonyl (C=O) groups excluding carboxylic acids is 2. The minimum absolute atomic E-state index is 0.0756. The van der Waals surface area contributed by atoms with E-state index < -0.39 is 24.0 Å². The van der Waals surface area contributed by atoms with Crippen LogP contribution >= 0.6 is 23.5 Å². The van der Waals surface area contributed by atoms with Crippen molar-refractivity contribution >= 4 is 35.4 Å². The Morgan fingerprint density at radius 3 is 2.59 bits per heavy atom. The molecule has 1 fully saturated rings. The lowest BCUT2D eigenvalue weighted by atomic mass is 9.90. The third-order valence-electron chi connectivity index (χ3n) is 4.29. The monoisotopic (exact) mass is 408 g/mol. The number of hydrogen-bond donors (Lipinski definition) is 1. The Hall–Kier alpha value is -1.85. The van der Waals surface area contributed by atoms with Crippen molar-refractivity contribution in [3.05, 3.63) is 29.8 Å². The second kappa shape index (κ2) is 9.90. The van der Waals surface area contributed by atoms with Crippen LogP contribution in [0.5, 0.6) is 5.75 Å². The molecular formula is C19H24N2O4S2. The maximum absolute atomic E-state index is 11.9. The molecule has 6 nitrogen and oxygen atoms in total. The van der Waals surface area contributed by atoms with E-state index in [0.29, 0.717) is 10.3 Å². The van der Waals surface area contributed by atoms with E-state index in [1.165, 1.54) is 0 Å². The number of ether oxygens (including phenoxy) is 2. The molecule has 0 unspecified atom stereocenters. The Morgan fingerprint density at radius 1 is 1.30 bits per heavy atom. The predicted octanol–water partition coefficient (Wildman–Crippen LogP) is 3.14. The van der Waals surface area contributed by atoms with Crippen molar-refractivity contribution in [3.8, 4) is 11.8 Å². The van der Waals surface area contributed by atoms with Crippen molar-refractivity contribution in [2.45, 2.75) is 30.9 Å². The zero-order chi connectivity index (χ0) is 19.9. The van der Waals surface area contributed by atoms with Gasteiger partial charge in [-0.05, 0) is 18.9 Å². The standard InChI is InChI=1S/C19H24N2O4S2/c1-13(2)19(3,12-20)21-16(22)10-25-17(23)11-24-15-7-5-4-6-14(15)18-26-8-9-27-18/h4-7,13,18H,8-11H2,1-3H3,(H,21,22)/t19-/m1/s1. The Labute approximate surface area is 168 Å². The second-order valence-electron chi connectivity index (χ2n) is 6.58. The molecule has 27 heavy (non-hydrogen) atoms. The van der Waals surface area contributed by atoms with Crippen molar-refractivity contribution in [1.82, 2.24) is 5.32 Å². The molecule has 1 heterocycles. The van der Waals surface area contributed by atoms with E-state index in [4.69, 9.17) is 9.47 Å². The number of hydrogen-bond acceptors (Lipinski definition) is 7. The van der Waals surface area contributed by atoms with Gasteiger partial charge in [0.15, 0.2) is 13.2 Å². The summed E-state index contributed by atoms with van der Waals surface area (Å²) in [7, 11) is 0. The van der Waals surface area contributed by atoms with Crippen LogP contribution in [0.3, 0.4) is 0 Å². The van der Waals surface area contributed by atoms with Crippen LogP contribution in [0.4, 0.5) is 0 Å². The molecule has 0 spiro atoms. The van der Waals surface area contributed by atoms with Crippen molar-refractivity contribution < 1.29 is 19.1 Å². The number of para-hydroxylation sites is 1. The Morgan fingerprint density at radius 2 is 1.96 bits per heavy atom. The summed E-state index contributed by atoms with van der Waals surface area (Å²) < 4.78 is 10.9. The molecule has 8 heteroatoms. The molecule has 0 aliphatic carbocycles. The lowest BCUT2D eigenvalue weighted by Crippen LogP contribution is -2.50. The first-order valence-electron chi connectivity index (χ1n) is 8.68. The van der Waals surface area contributed by atoms with E-state index >= 15 is 0 Å². The summed E-state index contributed by atoms with van der Waals surface area (Å²) in [5.41, 5.74) is 0.0486. The molecular weight excluding hydrogens is 384 g/mol. The minimum Gasteiger partial charge on any atom is -0.482 e. The van der Waals surface area contributed by atoms with Gasteiger partial charge < -0.3 is 14.8 Å². The van der Waals surface area contributed by atoms with Gasteiger partial charge in [0, 0.05) is 17.1 Å². The van der Waals surface area contributed by atoms with Gasteiger partial charge in [-0.1, -0.05) is 32.0 Å². The summed E-state index contributed by atoms with van der Waals surface area (Å²) in [6.45, 7) is 4.59. The number of rotatable bonds is 8. The van der Waals surface area contributed by atoms with Gasteiger partial charge in [-0.3, -0.25) is 4.79 Å². The van der Waals surface area contributed by atoms with Gasteiger partial charge in [-0.25, -0.2) is 4.79 Å². The number of nitriles is 1. The van der Waals surface area contributed by atoms with Gasteiger partial charge in [-0.2, -0.15) is 5.26 Å². The molecule has 1 amide bonds. The smallest absolute Gasteiger partial charge is 0.344 e. The fraction of sp³-hybridized carbons (Fsp3) is 0.526. The minimum atomic E-state index is -1.00. The van der Waals surface area contributed by atoms with E-state index in [2.05, 4.69) is 11.4 Å². The number of carbonyl (C=O) groups is 2. The largest absolute Gasteiger partial charge is 0.482 e. The number of esters is 1. The highest BCUT2D eigenvalue weighted by molar-refractivity contribution is 8.19. The molecule has 2 rings (SSSR count). The molecule has 1 aromatic rings. The fourth-order valence-corrected chi connectivity index (χ4v) is 5.20. The Balaban J connectivity index is 1.82. The van der Waals surface area contributed by atoms with Crippen LogP contribution in [0.25, 0.3) is 0 Å². The molecule has 1 atom stereocenters. The molecule has 0 saturated carbocycles. The molecule has 0 aromatic heterocycles. The van der Waals surface area contributed by atoms with E-state index in [9.17, 15) is 14.9 Å². The van der Waals surface area contributed by atoms with Crippen LogP contribution in [0, 0.1) is 17.2 Å². The molecule has 1 aliphatic rings. The normalized spacial score (nSPS) is 16.4. The highest BCUT2D eigenvalue weighted by Gasteiger charge is 2.30. The first-order valence-corrected chi connectivity index (χ1v) is 10.8. The number of nitrogens with one attached hydrogen (secondary N) is 1. The van der Waals surface area contributed by atoms with Gasteiger partial charge in [0.2, 0.25) is 0 Å². The summed E-state index contributed by atoms with van der Waals surface area (Å²) >= 11 is 3.71. The summed E-state index contributed by atoms with van der Waals surface area (Å²) in [5.74, 6) is 1.63. The Bertz CT molecular complexity index is 714. The van der Waals surface area contributed by atoms with E-state index in [-0.39, 0.29) is 12.5 Å². The molecule has 0 radical (unpaired) electrons.